The van der Waals surface area contributed by atoms with Crippen molar-refractivity contribution in [3.05, 3.63) is 71.8 Å². The molecule has 2 bridgehead atoms. The number of piperidine rings is 1. The Bertz CT molecular complexity index is 793. The highest BCUT2D eigenvalue weighted by Gasteiger charge is 2.57. The number of benzene rings is 2. The number of amides is 2. The van der Waals surface area contributed by atoms with Crippen molar-refractivity contribution >= 4 is 12.0 Å². The van der Waals surface area contributed by atoms with Crippen molar-refractivity contribution in [2.45, 2.75) is 44.0 Å². The van der Waals surface area contributed by atoms with Crippen LogP contribution in [0.5, 0.6) is 0 Å². The molecule has 1 saturated carbocycles. The SMILES string of the molecule is O=C(NC12CCC(C1)N(Cc1ccccc1)C2=O)OCc1ccccc1. The minimum atomic E-state index is -0.798. The maximum atomic E-state index is 13.0. The lowest BCUT2D eigenvalue weighted by Gasteiger charge is -2.32. The number of likely N-dealkylation sites (tertiary alicyclic amines) is 1. The first kappa shape index (κ1) is 16.6. The number of hydrogen-bond donors (Lipinski definition) is 1. The van der Waals surface area contributed by atoms with Crippen LogP contribution in [0.1, 0.15) is 30.4 Å². The highest BCUT2D eigenvalue weighted by molar-refractivity contribution is 5.93. The standard InChI is InChI=1S/C21H22N2O3/c24-19-21(22-20(25)26-15-17-9-5-2-6-10-17)12-11-18(13-21)23(19)14-16-7-3-1-4-8-16/h1-10,18H,11-15H2,(H,22,25). The van der Waals surface area contributed by atoms with E-state index in [9.17, 15) is 9.59 Å². The molecule has 2 atom stereocenters. The zero-order valence-corrected chi connectivity index (χ0v) is 14.6. The Hall–Kier alpha value is -2.82. The Labute approximate surface area is 153 Å². The van der Waals surface area contributed by atoms with Gasteiger partial charge in [-0.15, -0.1) is 0 Å². The molecule has 2 amide bonds. The summed E-state index contributed by atoms with van der Waals surface area (Å²) in [5, 5.41) is 2.87. The first-order valence-electron chi connectivity index (χ1n) is 9.00. The smallest absolute Gasteiger partial charge is 0.408 e. The predicted molar refractivity (Wildman–Crippen MR) is 97.1 cm³/mol. The van der Waals surface area contributed by atoms with Crippen LogP contribution in [0.2, 0.25) is 0 Å². The van der Waals surface area contributed by atoms with Gasteiger partial charge in [-0.05, 0) is 24.0 Å². The lowest BCUT2D eigenvalue weighted by molar-refractivity contribution is -0.137. The van der Waals surface area contributed by atoms with Gasteiger partial charge in [0.15, 0.2) is 0 Å². The van der Waals surface area contributed by atoms with E-state index in [0.717, 1.165) is 17.5 Å². The molecule has 5 nitrogen and oxygen atoms in total. The van der Waals surface area contributed by atoms with Crippen LogP contribution in [0, 0.1) is 0 Å². The molecule has 4 rings (SSSR count). The normalized spacial score (nSPS) is 23.9. The molecule has 2 aromatic rings. The fourth-order valence-corrected chi connectivity index (χ4v) is 4.02. The van der Waals surface area contributed by atoms with Gasteiger partial charge >= 0.3 is 6.09 Å². The molecule has 5 heteroatoms. The Morgan fingerprint density at radius 1 is 1.08 bits per heavy atom. The zero-order chi connectivity index (χ0) is 18.0. The van der Waals surface area contributed by atoms with Crippen molar-refractivity contribution < 1.29 is 14.3 Å². The van der Waals surface area contributed by atoms with Gasteiger partial charge in [-0.2, -0.15) is 0 Å². The first-order valence-corrected chi connectivity index (χ1v) is 9.00. The highest BCUT2D eigenvalue weighted by Crippen LogP contribution is 2.42. The molecule has 2 unspecified atom stereocenters. The summed E-state index contributed by atoms with van der Waals surface area (Å²) in [4.78, 5) is 27.1. The second-order valence-electron chi connectivity index (χ2n) is 7.08. The van der Waals surface area contributed by atoms with E-state index >= 15 is 0 Å². The molecule has 1 saturated heterocycles. The van der Waals surface area contributed by atoms with Crippen LogP contribution >= 0.6 is 0 Å². The summed E-state index contributed by atoms with van der Waals surface area (Å²) in [6, 6.07) is 19.7. The molecule has 1 N–H and O–H groups in total. The maximum Gasteiger partial charge on any atom is 0.408 e. The van der Waals surface area contributed by atoms with Gasteiger partial charge < -0.3 is 15.0 Å². The average Bonchev–Trinajstić information content (AvgIpc) is 3.19. The van der Waals surface area contributed by atoms with E-state index in [4.69, 9.17) is 4.74 Å². The van der Waals surface area contributed by atoms with Crippen molar-refractivity contribution in [2.24, 2.45) is 0 Å². The summed E-state index contributed by atoms with van der Waals surface area (Å²) in [6.07, 6.45) is 1.74. The van der Waals surface area contributed by atoms with Crippen LogP contribution in [0.4, 0.5) is 4.79 Å². The Kier molecular flexibility index (Phi) is 4.37. The summed E-state index contributed by atoms with van der Waals surface area (Å²) < 4.78 is 5.32. The summed E-state index contributed by atoms with van der Waals surface area (Å²) in [5.74, 6) is 0.00858. The number of ether oxygens (including phenoxy) is 1. The zero-order valence-electron chi connectivity index (χ0n) is 14.6. The Balaban J connectivity index is 1.39. The monoisotopic (exact) mass is 350 g/mol. The van der Waals surface area contributed by atoms with Crippen molar-refractivity contribution in [1.29, 1.82) is 0 Å². The second kappa shape index (κ2) is 6.83. The number of carbonyl (C=O) groups is 2. The Morgan fingerprint density at radius 3 is 2.42 bits per heavy atom. The van der Waals surface area contributed by atoms with Crippen LogP contribution in [0.25, 0.3) is 0 Å². The largest absolute Gasteiger partial charge is 0.445 e. The number of hydrogen-bond acceptors (Lipinski definition) is 3. The van der Waals surface area contributed by atoms with Crippen molar-refractivity contribution in [2.75, 3.05) is 0 Å². The summed E-state index contributed by atoms with van der Waals surface area (Å²) in [5.41, 5.74) is 1.23. The topological polar surface area (TPSA) is 58.6 Å². The molecular formula is C21H22N2O3. The van der Waals surface area contributed by atoms with Crippen molar-refractivity contribution in [1.82, 2.24) is 10.2 Å². The summed E-state index contributed by atoms with van der Waals surface area (Å²) in [6.45, 7) is 0.793. The van der Waals surface area contributed by atoms with Gasteiger partial charge in [-0.1, -0.05) is 60.7 Å². The van der Waals surface area contributed by atoms with Gasteiger partial charge in [-0.25, -0.2) is 4.79 Å². The van der Waals surface area contributed by atoms with E-state index in [0.29, 0.717) is 19.4 Å². The van der Waals surface area contributed by atoms with Gasteiger partial charge in [0, 0.05) is 19.0 Å². The van der Waals surface area contributed by atoms with Crippen LogP contribution in [-0.4, -0.2) is 28.5 Å². The van der Waals surface area contributed by atoms with Crippen LogP contribution in [-0.2, 0) is 22.7 Å². The fraction of sp³-hybridized carbons (Fsp3) is 0.333. The molecule has 0 aromatic heterocycles. The van der Waals surface area contributed by atoms with Gasteiger partial charge in [0.2, 0.25) is 5.91 Å². The average molecular weight is 350 g/mol. The van der Waals surface area contributed by atoms with E-state index < -0.39 is 11.6 Å². The molecule has 134 valence electrons. The summed E-state index contributed by atoms with van der Waals surface area (Å²) >= 11 is 0. The third-order valence-corrected chi connectivity index (χ3v) is 5.35. The highest BCUT2D eigenvalue weighted by atomic mass is 16.5. The van der Waals surface area contributed by atoms with Gasteiger partial charge in [-0.3, -0.25) is 4.79 Å². The molecule has 2 fully saturated rings. The van der Waals surface area contributed by atoms with E-state index in [2.05, 4.69) is 5.32 Å². The van der Waals surface area contributed by atoms with E-state index in [1.54, 1.807) is 0 Å². The van der Waals surface area contributed by atoms with E-state index in [-0.39, 0.29) is 18.6 Å². The number of carbonyl (C=O) groups excluding carboxylic acids is 2. The van der Waals surface area contributed by atoms with Crippen molar-refractivity contribution in [3.63, 3.8) is 0 Å². The second-order valence-corrected chi connectivity index (χ2v) is 7.08. The van der Waals surface area contributed by atoms with E-state index in [1.165, 1.54) is 0 Å². The number of alkyl carbamates (subject to hydrolysis) is 1. The molecule has 2 aliphatic rings. The van der Waals surface area contributed by atoms with Crippen molar-refractivity contribution in [3.8, 4) is 0 Å². The predicted octanol–water partition coefficient (Wildman–Crippen LogP) is 3.25. The van der Waals surface area contributed by atoms with Crippen LogP contribution < -0.4 is 5.32 Å². The van der Waals surface area contributed by atoms with Gasteiger partial charge in [0.05, 0.1) is 0 Å². The van der Waals surface area contributed by atoms with Crippen LogP contribution in [0.15, 0.2) is 60.7 Å². The molecule has 1 heterocycles. The minimum Gasteiger partial charge on any atom is -0.445 e. The molecule has 26 heavy (non-hydrogen) atoms. The van der Waals surface area contributed by atoms with Gasteiger partial charge in [0.1, 0.15) is 12.1 Å². The quantitative estimate of drug-likeness (QED) is 0.900. The maximum absolute atomic E-state index is 13.0. The number of nitrogens with one attached hydrogen (secondary N) is 1. The number of rotatable bonds is 5. The fourth-order valence-electron chi connectivity index (χ4n) is 4.02. The molecule has 1 aliphatic carbocycles. The molecule has 2 aromatic carbocycles. The third-order valence-electron chi connectivity index (χ3n) is 5.35. The Morgan fingerprint density at radius 2 is 1.73 bits per heavy atom. The number of nitrogens with zero attached hydrogens (tertiary/aromatic N) is 1. The third kappa shape index (κ3) is 3.17. The number of fused-ring (bicyclic) bond motifs is 2. The molecular weight excluding hydrogens is 328 g/mol. The summed E-state index contributed by atoms with van der Waals surface area (Å²) in [7, 11) is 0. The lowest BCUT2D eigenvalue weighted by atomic mass is 9.98. The lowest BCUT2D eigenvalue weighted by Crippen LogP contribution is -2.55. The molecule has 0 spiro atoms. The van der Waals surface area contributed by atoms with Crippen LogP contribution in [0.3, 0.4) is 0 Å². The molecule has 0 radical (unpaired) electrons. The minimum absolute atomic E-state index is 0.00858. The van der Waals surface area contributed by atoms with Gasteiger partial charge in [0.25, 0.3) is 0 Å². The first-order chi connectivity index (χ1) is 12.7. The van der Waals surface area contributed by atoms with E-state index in [1.807, 2.05) is 65.6 Å². The molecule has 1 aliphatic heterocycles.